The third-order valence-electron chi connectivity index (χ3n) is 8.32. The fourth-order valence-electron chi connectivity index (χ4n) is 6.06. The summed E-state index contributed by atoms with van der Waals surface area (Å²) in [6.07, 6.45) is -10.6. The molecule has 0 aromatic heterocycles. The summed E-state index contributed by atoms with van der Waals surface area (Å²) in [5.41, 5.74) is -4.89. The Balaban J connectivity index is 1.66. The number of phenols is 2. The molecule has 2 aromatic rings. The third-order valence-corrected chi connectivity index (χ3v) is 8.32. The smallest absolute Gasteiger partial charge is 0.316 e. The third kappa shape index (κ3) is 4.18. The van der Waals surface area contributed by atoms with Crippen LogP contribution in [0.3, 0.4) is 0 Å². The van der Waals surface area contributed by atoms with Crippen molar-refractivity contribution in [3.8, 4) is 17.2 Å². The van der Waals surface area contributed by atoms with E-state index in [0.29, 0.717) is 0 Å². The molecular formula is C28H30O14. The lowest BCUT2D eigenvalue weighted by Crippen LogP contribution is -2.60. The summed E-state index contributed by atoms with van der Waals surface area (Å²) in [4.78, 5) is 40.5. The van der Waals surface area contributed by atoms with Gasteiger partial charge in [-0.2, -0.15) is 0 Å². The van der Waals surface area contributed by atoms with Crippen LogP contribution in [0.5, 0.6) is 17.2 Å². The van der Waals surface area contributed by atoms with Crippen LogP contribution < -0.4 is 4.74 Å². The minimum absolute atomic E-state index is 0.0745. The van der Waals surface area contributed by atoms with Gasteiger partial charge in [-0.1, -0.05) is 19.1 Å². The summed E-state index contributed by atoms with van der Waals surface area (Å²) in [6, 6.07) is 3.76. The van der Waals surface area contributed by atoms with E-state index in [9.17, 15) is 55.2 Å². The maximum absolute atomic E-state index is 13.9. The predicted octanol–water partition coefficient (Wildman–Crippen LogP) is -1.11. The number of aromatic hydroxyl groups is 2. The number of carbonyl (C=O) groups is 3. The Labute approximate surface area is 237 Å². The minimum atomic E-state index is -1.93. The average molecular weight is 591 g/mol. The maximum Gasteiger partial charge on any atom is 0.316 e. The summed E-state index contributed by atoms with van der Waals surface area (Å²) in [7, 11) is 1.04. The highest BCUT2D eigenvalue weighted by atomic mass is 16.7. The highest BCUT2D eigenvalue weighted by Gasteiger charge is 2.54. The Bertz CT molecular complexity index is 1470. The molecule has 1 fully saturated rings. The Morgan fingerprint density at radius 1 is 0.976 bits per heavy atom. The molecule has 0 radical (unpaired) electrons. The molecule has 14 nitrogen and oxygen atoms in total. The molecule has 2 aliphatic carbocycles. The number of ketones is 2. The van der Waals surface area contributed by atoms with Crippen LogP contribution >= 0.6 is 0 Å². The molecule has 1 saturated heterocycles. The zero-order chi connectivity index (χ0) is 30.8. The molecule has 0 spiro atoms. The van der Waals surface area contributed by atoms with Crippen molar-refractivity contribution < 1.29 is 69.4 Å². The molecule has 1 aliphatic heterocycles. The molecule has 2 aromatic carbocycles. The van der Waals surface area contributed by atoms with E-state index in [4.69, 9.17) is 14.2 Å². The van der Waals surface area contributed by atoms with Crippen molar-refractivity contribution in [1.82, 2.24) is 0 Å². The quantitative estimate of drug-likeness (QED) is 0.130. The molecule has 0 saturated carbocycles. The van der Waals surface area contributed by atoms with Crippen molar-refractivity contribution in [2.75, 3.05) is 13.7 Å². The largest absolute Gasteiger partial charge is 0.507 e. The predicted molar refractivity (Wildman–Crippen MR) is 137 cm³/mol. The summed E-state index contributed by atoms with van der Waals surface area (Å²) >= 11 is 0. The molecule has 3 aliphatic rings. The second kappa shape index (κ2) is 10.6. The first kappa shape index (κ1) is 29.8. The zero-order valence-corrected chi connectivity index (χ0v) is 22.4. The van der Waals surface area contributed by atoms with Gasteiger partial charge in [0.2, 0.25) is 12.1 Å². The van der Waals surface area contributed by atoms with Gasteiger partial charge in [0.25, 0.3) is 0 Å². The molecule has 1 heterocycles. The van der Waals surface area contributed by atoms with Crippen LogP contribution in [0.1, 0.15) is 74.8 Å². The van der Waals surface area contributed by atoms with Gasteiger partial charge in [0.15, 0.2) is 5.78 Å². The highest BCUT2D eigenvalue weighted by Crippen LogP contribution is 2.56. The van der Waals surface area contributed by atoms with Crippen molar-refractivity contribution in [2.45, 2.75) is 68.1 Å². The van der Waals surface area contributed by atoms with E-state index in [1.54, 1.807) is 0 Å². The number of benzene rings is 2. The van der Waals surface area contributed by atoms with Crippen molar-refractivity contribution >= 4 is 17.5 Å². The average Bonchev–Trinajstić information content (AvgIpc) is 2.97. The van der Waals surface area contributed by atoms with Gasteiger partial charge in [0.05, 0.1) is 42.1 Å². The molecular weight excluding hydrogens is 560 g/mol. The summed E-state index contributed by atoms with van der Waals surface area (Å²) in [5.74, 6) is -6.77. The molecule has 226 valence electrons. The fraction of sp³-hybridized carbons (Fsp3) is 0.464. The first-order valence-corrected chi connectivity index (χ1v) is 13.1. The second-order valence-corrected chi connectivity index (χ2v) is 10.6. The minimum Gasteiger partial charge on any atom is -0.507 e. The van der Waals surface area contributed by atoms with Crippen LogP contribution in [0.4, 0.5) is 0 Å². The number of hydrogen-bond donors (Lipinski definition) is 8. The topological polar surface area (TPSA) is 241 Å². The first-order valence-electron chi connectivity index (χ1n) is 13.1. The van der Waals surface area contributed by atoms with Gasteiger partial charge in [0.1, 0.15) is 47.6 Å². The molecule has 14 heteroatoms. The maximum atomic E-state index is 13.9. The van der Waals surface area contributed by atoms with Crippen LogP contribution in [-0.4, -0.2) is 108 Å². The molecule has 5 unspecified atom stereocenters. The number of rotatable bonds is 5. The van der Waals surface area contributed by atoms with Gasteiger partial charge in [-0.15, -0.1) is 0 Å². The first-order chi connectivity index (χ1) is 19.8. The molecule has 5 rings (SSSR count). The van der Waals surface area contributed by atoms with Gasteiger partial charge in [0, 0.05) is 23.1 Å². The lowest BCUT2D eigenvalue weighted by molar-refractivity contribution is -0.277. The van der Waals surface area contributed by atoms with Gasteiger partial charge < -0.3 is 55.1 Å². The van der Waals surface area contributed by atoms with Gasteiger partial charge >= 0.3 is 5.97 Å². The molecule has 42 heavy (non-hydrogen) atoms. The number of hydrogen-bond acceptors (Lipinski definition) is 14. The Morgan fingerprint density at radius 3 is 2.24 bits per heavy atom. The molecule has 8 atom stereocenters. The summed E-state index contributed by atoms with van der Waals surface area (Å²) < 4.78 is 15.8. The van der Waals surface area contributed by atoms with Crippen LogP contribution in [0, 0.1) is 0 Å². The van der Waals surface area contributed by atoms with E-state index in [0.717, 1.165) is 7.11 Å². The van der Waals surface area contributed by atoms with Crippen LogP contribution in [0.25, 0.3) is 0 Å². The van der Waals surface area contributed by atoms with Gasteiger partial charge in [-0.3, -0.25) is 14.4 Å². The van der Waals surface area contributed by atoms with E-state index >= 15 is 0 Å². The van der Waals surface area contributed by atoms with Crippen LogP contribution in [0.2, 0.25) is 0 Å². The number of methoxy groups -OCH3 is 1. The molecule has 0 bridgehead atoms. The number of ether oxygens (including phenoxy) is 3. The summed E-state index contributed by atoms with van der Waals surface area (Å²) in [6.45, 7) is 0.785. The molecule has 8 N–H and O–H groups in total. The van der Waals surface area contributed by atoms with E-state index in [1.165, 1.54) is 25.1 Å². The van der Waals surface area contributed by atoms with Crippen molar-refractivity contribution in [1.29, 1.82) is 0 Å². The van der Waals surface area contributed by atoms with Crippen LogP contribution in [0.15, 0.2) is 18.2 Å². The normalized spacial score (nSPS) is 32.0. The van der Waals surface area contributed by atoms with Crippen LogP contribution in [-0.2, 0) is 14.3 Å². The van der Waals surface area contributed by atoms with E-state index < -0.39 is 118 Å². The number of carbonyl (C=O) groups excluding carboxylic acids is 3. The number of fused-ring (bicyclic) bond motifs is 3. The lowest BCUT2D eigenvalue weighted by atomic mass is 9.66. The standard InChI is InChI=1S/C28H30O14/c1-3-28(39)7-10(30)14-15(18(28)26(38)40-2)23(35)16-17(22(14)34)21(33)13-9(19(16)31)5-4-6-11(13)41-27-25(37)24(36)20(32)12(8-29)42-27/h4-6,10,12,18,20,24-25,27,29-30,32,34-37,39H,3,7-8H2,1-2H3/t10-,12?,18-,20?,24?,25?,27?,28+/m0/s1. The second-order valence-electron chi connectivity index (χ2n) is 10.6. The van der Waals surface area contributed by atoms with E-state index in [1.807, 2.05) is 0 Å². The van der Waals surface area contributed by atoms with E-state index in [-0.39, 0.29) is 17.7 Å². The fourth-order valence-corrected chi connectivity index (χ4v) is 6.06. The van der Waals surface area contributed by atoms with Crippen molar-refractivity contribution in [3.05, 3.63) is 51.6 Å². The lowest BCUT2D eigenvalue weighted by Gasteiger charge is -2.42. The van der Waals surface area contributed by atoms with Gasteiger partial charge in [-0.25, -0.2) is 0 Å². The number of esters is 1. The Morgan fingerprint density at radius 2 is 1.62 bits per heavy atom. The zero-order valence-electron chi connectivity index (χ0n) is 22.4. The van der Waals surface area contributed by atoms with E-state index in [2.05, 4.69) is 0 Å². The number of phenolic OH excluding ortho intramolecular Hbond substituents is 2. The Kier molecular flexibility index (Phi) is 7.52. The van der Waals surface area contributed by atoms with Gasteiger partial charge in [-0.05, 0) is 12.5 Å². The number of aliphatic hydroxyl groups is 6. The number of aliphatic hydroxyl groups excluding tert-OH is 5. The Hall–Kier alpha value is -3.63. The SMILES string of the molecule is CC[C@@]1(O)C[C@H](O)c2c(O)c3c(c(O)c2[C@H]1C(=O)OC)C(=O)c1cccc(OC2OC(CO)C(O)C(O)C2O)c1C3=O. The highest BCUT2D eigenvalue weighted by molar-refractivity contribution is 6.31. The van der Waals surface area contributed by atoms with Crippen molar-refractivity contribution in [2.24, 2.45) is 0 Å². The monoisotopic (exact) mass is 590 g/mol. The molecule has 0 amide bonds. The summed E-state index contributed by atoms with van der Waals surface area (Å²) in [5, 5.41) is 84.9. The van der Waals surface area contributed by atoms with Crippen molar-refractivity contribution in [3.63, 3.8) is 0 Å².